The summed E-state index contributed by atoms with van der Waals surface area (Å²) in [4.78, 5) is -0.531. The summed E-state index contributed by atoms with van der Waals surface area (Å²) in [6.07, 6.45) is 0. The lowest BCUT2D eigenvalue weighted by Crippen LogP contribution is -2.19. The van der Waals surface area contributed by atoms with E-state index in [-0.39, 0.29) is 23.8 Å². The van der Waals surface area contributed by atoms with E-state index in [1.165, 1.54) is 12.1 Å². The Kier molecular flexibility index (Phi) is 5.34. The molecule has 0 heterocycles. The average Bonchev–Trinajstić information content (AvgIpc) is 2.29. The maximum absolute atomic E-state index is 11.3. The minimum Gasteiger partial charge on any atom is -0.491 e. The van der Waals surface area contributed by atoms with E-state index in [0.29, 0.717) is 0 Å². The molecule has 0 aromatic heterocycles. The van der Waals surface area contributed by atoms with Gasteiger partial charge in [0.25, 0.3) is 10.1 Å². The van der Waals surface area contributed by atoms with E-state index in [1.54, 1.807) is 0 Å². The summed E-state index contributed by atoms with van der Waals surface area (Å²) in [7, 11) is -8.00. The Labute approximate surface area is 116 Å². The third kappa shape index (κ3) is 4.96. The number of hydrogen-bond donors (Lipinski definition) is 3. The highest BCUT2D eigenvalue weighted by molar-refractivity contribution is 7.91. The molecule has 0 saturated heterocycles. The molecule has 1 aromatic carbocycles. The summed E-state index contributed by atoms with van der Waals surface area (Å²) in [5, 5.41) is 8.55. The molecule has 0 unspecified atom stereocenters. The molecule has 4 N–H and O–H groups in total. The van der Waals surface area contributed by atoms with Crippen molar-refractivity contribution in [2.24, 2.45) is 0 Å². The van der Waals surface area contributed by atoms with Crippen LogP contribution in [0.2, 0.25) is 0 Å². The number of benzene rings is 1. The van der Waals surface area contributed by atoms with Crippen LogP contribution in [0.1, 0.15) is 0 Å². The molecule has 0 aliphatic heterocycles. The van der Waals surface area contributed by atoms with Gasteiger partial charge in [0.05, 0.1) is 18.1 Å². The van der Waals surface area contributed by atoms with Crippen LogP contribution in [0.3, 0.4) is 0 Å². The van der Waals surface area contributed by atoms with Gasteiger partial charge in [-0.25, -0.2) is 8.42 Å². The van der Waals surface area contributed by atoms with Gasteiger partial charge in [-0.3, -0.25) is 4.55 Å². The molecule has 20 heavy (non-hydrogen) atoms. The molecule has 114 valence electrons. The fourth-order valence-corrected chi connectivity index (χ4v) is 2.85. The second-order valence-electron chi connectivity index (χ2n) is 3.91. The first-order chi connectivity index (χ1) is 9.15. The summed E-state index contributed by atoms with van der Waals surface area (Å²) in [6, 6.07) is 3.58. The monoisotopic (exact) mass is 325 g/mol. The Morgan fingerprint density at radius 2 is 1.80 bits per heavy atom. The van der Waals surface area contributed by atoms with Gasteiger partial charge in [0.2, 0.25) is 0 Å². The number of rotatable bonds is 7. The number of aliphatic hydroxyl groups excluding tert-OH is 1. The van der Waals surface area contributed by atoms with Crippen LogP contribution in [0, 0.1) is 0 Å². The Bertz CT molecular complexity index is 667. The zero-order valence-electron chi connectivity index (χ0n) is 10.4. The van der Waals surface area contributed by atoms with E-state index in [4.69, 9.17) is 20.1 Å². The number of nitrogens with two attached hydrogens (primary N) is 1. The van der Waals surface area contributed by atoms with E-state index in [9.17, 15) is 16.8 Å². The van der Waals surface area contributed by atoms with Crippen molar-refractivity contribution < 1.29 is 31.2 Å². The van der Waals surface area contributed by atoms with Gasteiger partial charge < -0.3 is 15.6 Å². The third-order valence-electron chi connectivity index (χ3n) is 2.30. The molecule has 1 rings (SSSR count). The van der Waals surface area contributed by atoms with E-state index in [2.05, 4.69) is 0 Å². The molecular weight excluding hydrogens is 310 g/mol. The quantitative estimate of drug-likeness (QED) is 0.441. The number of nitrogen functional groups attached to an aromatic ring is 1. The van der Waals surface area contributed by atoms with E-state index in [1.807, 2.05) is 0 Å². The van der Waals surface area contributed by atoms with Gasteiger partial charge in [-0.1, -0.05) is 0 Å². The number of sulfone groups is 1. The first-order valence-corrected chi connectivity index (χ1v) is 8.73. The van der Waals surface area contributed by atoms with Crippen LogP contribution < -0.4 is 10.5 Å². The SMILES string of the molecule is Nc1ccc(OCCS(=O)(=O)CCO)c(S(=O)(=O)O)c1. The van der Waals surface area contributed by atoms with Gasteiger partial charge in [0, 0.05) is 5.69 Å². The first kappa shape index (κ1) is 16.7. The van der Waals surface area contributed by atoms with Crippen molar-refractivity contribution in [3.05, 3.63) is 18.2 Å². The van der Waals surface area contributed by atoms with Crippen LogP contribution in [0.4, 0.5) is 5.69 Å². The highest BCUT2D eigenvalue weighted by Crippen LogP contribution is 2.25. The van der Waals surface area contributed by atoms with Crippen LogP contribution in [0.15, 0.2) is 23.1 Å². The van der Waals surface area contributed by atoms with Crippen molar-refractivity contribution >= 4 is 25.6 Å². The molecule has 0 saturated carbocycles. The lowest BCUT2D eigenvalue weighted by molar-refractivity contribution is 0.316. The van der Waals surface area contributed by atoms with Gasteiger partial charge in [-0.2, -0.15) is 8.42 Å². The standard InChI is InChI=1S/C10H15NO7S2/c11-8-1-2-9(10(7-8)20(15,16)17)18-4-6-19(13,14)5-3-12/h1-2,7,12H,3-6,11H2,(H,15,16,17). The maximum atomic E-state index is 11.3. The zero-order chi connectivity index (χ0) is 15.4. The zero-order valence-corrected chi connectivity index (χ0v) is 12.0. The van der Waals surface area contributed by atoms with Gasteiger partial charge in [-0.05, 0) is 18.2 Å². The summed E-state index contributed by atoms with van der Waals surface area (Å²) in [5.74, 6) is -0.979. The molecule has 10 heteroatoms. The van der Waals surface area contributed by atoms with Gasteiger partial charge in [-0.15, -0.1) is 0 Å². The Hall–Kier alpha value is -1.36. The smallest absolute Gasteiger partial charge is 0.298 e. The minimum atomic E-state index is -4.53. The first-order valence-electron chi connectivity index (χ1n) is 5.47. The molecule has 0 bridgehead atoms. The molecule has 0 atom stereocenters. The summed E-state index contributed by atoms with van der Waals surface area (Å²) in [6.45, 7) is -0.810. The number of hydrogen-bond acceptors (Lipinski definition) is 7. The van der Waals surface area contributed by atoms with Crippen molar-refractivity contribution in [1.82, 2.24) is 0 Å². The highest BCUT2D eigenvalue weighted by Gasteiger charge is 2.18. The van der Waals surface area contributed by atoms with Crippen molar-refractivity contribution in [3.8, 4) is 5.75 Å². The lowest BCUT2D eigenvalue weighted by Gasteiger charge is -2.10. The fraction of sp³-hybridized carbons (Fsp3) is 0.400. The molecule has 1 aromatic rings. The number of aliphatic hydroxyl groups is 1. The molecule has 8 nitrogen and oxygen atoms in total. The molecule has 0 aliphatic carbocycles. The summed E-state index contributed by atoms with van der Waals surface area (Å²) >= 11 is 0. The predicted molar refractivity (Wildman–Crippen MR) is 71.9 cm³/mol. The van der Waals surface area contributed by atoms with E-state index in [0.717, 1.165) is 6.07 Å². The lowest BCUT2D eigenvalue weighted by atomic mass is 10.3. The molecule has 0 aliphatic rings. The van der Waals surface area contributed by atoms with Gasteiger partial charge >= 0.3 is 0 Å². The molecular formula is C10H15NO7S2. The van der Waals surface area contributed by atoms with Crippen molar-refractivity contribution in [3.63, 3.8) is 0 Å². The minimum absolute atomic E-state index is 0.109. The Morgan fingerprint density at radius 1 is 1.15 bits per heavy atom. The van der Waals surface area contributed by atoms with Crippen molar-refractivity contribution in [2.45, 2.75) is 4.90 Å². The highest BCUT2D eigenvalue weighted by atomic mass is 32.2. The summed E-state index contributed by atoms with van der Waals surface area (Å²) < 4.78 is 59.0. The maximum Gasteiger partial charge on any atom is 0.298 e. The predicted octanol–water partition coefficient (Wildman–Crippen LogP) is -0.699. The largest absolute Gasteiger partial charge is 0.491 e. The van der Waals surface area contributed by atoms with Crippen molar-refractivity contribution in [2.75, 3.05) is 30.5 Å². The summed E-state index contributed by atoms with van der Waals surface area (Å²) in [5.41, 5.74) is 5.52. The molecule has 0 spiro atoms. The second-order valence-corrected chi connectivity index (χ2v) is 7.60. The van der Waals surface area contributed by atoms with Crippen LogP contribution in [-0.2, 0) is 20.0 Å². The topological polar surface area (TPSA) is 144 Å². The van der Waals surface area contributed by atoms with Crippen LogP contribution in [-0.4, -0.2) is 51.2 Å². The van der Waals surface area contributed by atoms with Gasteiger partial charge in [0.15, 0.2) is 9.84 Å². The second kappa shape index (κ2) is 6.39. The normalized spacial score (nSPS) is 12.3. The Balaban J connectivity index is 2.84. The Morgan fingerprint density at radius 3 is 2.35 bits per heavy atom. The third-order valence-corrected chi connectivity index (χ3v) is 4.77. The number of anilines is 1. The van der Waals surface area contributed by atoms with E-state index >= 15 is 0 Å². The molecule has 0 radical (unpaired) electrons. The molecule has 0 amide bonds. The number of ether oxygens (including phenoxy) is 1. The van der Waals surface area contributed by atoms with E-state index < -0.39 is 37.2 Å². The van der Waals surface area contributed by atoms with Crippen molar-refractivity contribution in [1.29, 1.82) is 0 Å². The van der Waals surface area contributed by atoms with Crippen LogP contribution in [0.5, 0.6) is 5.75 Å². The van der Waals surface area contributed by atoms with Crippen LogP contribution >= 0.6 is 0 Å². The van der Waals surface area contributed by atoms with Crippen LogP contribution in [0.25, 0.3) is 0 Å². The molecule has 0 fully saturated rings. The van der Waals surface area contributed by atoms with Gasteiger partial charge in [0.1, 0.15) is 17.3 Å². The average molecular weight is 325 g/mol. The fourth-order valence-electron chi connectivity index (χ4n) is 1.37.